The zero-order chi connectivity index (χ0) is 22.7. The first-order valence-electron chi connectivity index (χ1n) is 10.9. The van der Waals surface area contributed by atoms with Gasteiger partial charge in [0, 0.05) is 37.2 Å². The van der Waals surface area contributed by atoms with E-state index in [1.807, 2.05) is 57.1 Å². The fourth-order valence-corrected chi connectivity index (χ4v) is 4.38. The average molecular weight is 438 g/mol. The molecule has 2 aromatic rings. The Bertz CT molecular complexity index is 851. The van der Waals surface area contributed by atoms with Gasteiger partial charge in [0.1, 0.15) is 4.90 Å². The molecule has 170 valence electrons. The molecule has 1 N–H and O–H groups in total. The summed E-state index contributed by atoms with van der Waals surface area (Å²) < 4.78 is 30.6. The minimum atomic E-state index is -3.76. The fourth-order valence-electron chi connectivity index (χ4n) is 3.19. The number of benzene rings is 2. The topological polar surface area (TPSA) is 66.8 Å². The Hall–Kier alpha value is -1.63. The number of hydrogen-bond donors (Lipinski definition) is 1. The van der Waals surface area contributed by atoms with Gasteiger partial charge in [-0.25, -0.2) is 0 Å². The second-order valence-corrected chi connectivity index (χ2v) is 9.39. The van der Waals surface area contributed by atoms with Gasteiger partial charge in [0.25, 0.3) is 10.1 Å². The van der Waals surface area contributed by atoms with Crippen LogP contribution in [0.4, 0.5) is 5.69 Å². The first-order chi connectivity index (χ1) is 14.2. The molecule has 0 unspecified atom stereocenters. The van der Waals surface area contributed by atoms with Crippen LogP contribution >= 0.6 is 0 Å². The molecule has 0 aliphatic carbocycles. The van der Waals surface area contributed by atoms with Crippen LogP contribution in [0.3, 0.4) is 0 Å². The van der Waals surface area contributed by atoms with Crippen molar-refractivity contribution in [2.75, 3.05) is 32.2 Å². The molecule has 0 spiro atoms. The number of hydrogen-bond acceptors (Lipinski definition) is 5. The van der Waals surface area contributed by atoms with Gasteiger partial charge in [0.2, 0.25) is 0 Å². The second kappa shape index (κ2) is 12.9. The van der Waals surface area contributed by atoms with Crippen LogP contribution in [0.25, 0.3) is 10.8 Å². The van der Waals surface area contributed by atoms with Crippen molar-refractivity contribution >= 4 is 26.6 Å². The van der Waals surface area contributed by atoms with Crippen LogP contribution in [0.2, 0.25) is 0 Å². The third-order valence-corrected chi connectivity index (χ3v) is 6.98. The van der Waals surface area contributed by atoms with Crippen LogP contribution in [0.15, 0.2) is 41.3 Å². The van der Waals surface area contributed by atoms with E-state index in [9.17, 15) is 8.42 Å². The molecular formula is C24H39NO4S. The van der Waals surface area contributed by atoms with E-state index in [0.29, 0.717) is 17.9 Å². The summed E-state index contributed by atoms with van der Waals surface area (Å²) in [5.41, 5.74) is 0.986. The summed E-state index contributed by atoms with van der Waals surface area (Å²) in [7, 11) is 0.125. The molecule has 6 heteroatoms. The smallest absolute Gasteiger partial charge is 0.297 e. The normalized spacial score (nSPS) is 11.6. The molecule has 0 saturated carbocycles. The fraction of sp³-hybridized carbons (Fsp3) is 0.583. The van der Waals surface area contributed by atoms with Crippen LogP contribution in [0, 0.1) is 11.8 Å². The molecular weight excluding hydrogens is 398 g/mol. The van der Waals surface area contributed by atoms with E-state index in [-0.39, 0.29) is 17.4 Å². The van der Waals surface area contributed by atoms with E-state index in [0.717, 1.165) is 36.8 Å². The van der Waals surface area contributed by atoms with Gasteiger partial charge in [0.15, 0.2) is 0 Å². The van der Waals surface area contributed by atoms with Gasteiger partial charge in [-0.15, -0.1) is 0 Å². The third-order valence-electron chi connectivity index (χ3n) is 5.64. The Labute approximate surface area is 183 Å². The van der Waals surface area contributed by atoms with Gasteiger partial charge in [0.05, 0.1) is 6.61 Å². The number of anilines is 1. The maximum absolute atomic E-state index is 12.6. The SMILES string of the molecule is CCC(CC)CO.CCC(CC)COS(=O)(=O)c1cccc2c(N(C)C)cccc12. The molecule has 0 aromatic heterocycles. The summed E-state index contributed by atoms with van der Waals surface area (Å²) in [6.07, 6.45) is 4.03. The lowest BCUT2D eigenvalue weighted by molar-refractivity contribution is 0.219. The van der Waals surface area contributed by atoms with E-state index in [2.05, 4.69) is 13.8 Å². The van der Waals surface area contributed by atoms with Gasteiger partial charge in [-0.1, -0.05) is 77.6 Å². The molecule has 30 heavy (non-hydrogen) atoms. The summed E-state index contributed by atoms with van der Waals surface area (Å²) in [6.45, 7) is 8.89. The Morgan fingerprint density at radius 3 is 1.87 bits per heavy atom. The molecule has 0 aliphatic rings. The van der Waals surface area contributed by atoms with E-state index < -0.39 is 10.1 Å². The highest BCUT2D eigenvalue weighted by molar-refractivity contribution is 7.87. The summed E-state index contributed by atoms with van der Waals surface area (Å²) in [6, 6.07) is 11.0. The summed E-state index contributed by atoms with van der Waals surface area (Å²) in [4.78, 5) is 2.22. The van der Waals surface area contributed by atoms with Gasteiger partial charge in [-0.05, 0) is 24.0 Å². The molecule has 0 radical (unpaired) electrons. The monoisotopic (exact) mass is 437 g/mol. The van der Waals surface area contributed by atoms with Crippen molar-refractivity contribution in [3.8, 4) is 0 Å². The average Bonchev–Trinajstić information content (AvgIpc) is 2.75. The molecule has 2 rings (SSSR count). The minimum Gasteiger partial charge on any atom is -0.396 e. The highest BCUT2D eigenvalue weighted by atomic mass is 32.2. The zero-order valence-corrected chi connectivity index (χ0v) is 20.2. The molecule has 0 saturated heterocycles. The van der Waals surface area contributed by atoms with Crippen LogP contribution in [-0.2, 0) is 14.3 Å². The minimum absolute atomic E-state index is 0.235. The lowest BCUT2D eigenvalue weighted by atomic mass is 10.1. The van der Waals surface area contributed by atoms with Crippen LogP contribution < -0.4 is 4.90 Å². The highest BCUT2D eigenvalue weighted by Crippen LogP contribution is 2.31. The summed E-state index contributed by atoms with van der Waals surface area (Å²) >= 11 is 0. The lowest BCUT2D eigenvalue weighted by Crippen LogP contribution is -2.14. The second-order valence-electron chi connectivity index (χ2n) is 7.81. The number of aliphatic hydroxyl groups excluding tert-OH is 1. The Morgan fingerprint density at radius 2 is 1.40 bits per heavy atom. The molecule has 0 amide bonds. The van der Waals surface area contributed by atoms with Crippen molar-refractivity contribution in [3.05, 3.63) is 36.4 Å². The van der Waals surface area contributed by atoms with Crippen LogP contribution in [-0.4, -0.2) is 40.8 Å². The number of fused-ring (bicyclic) bond motifs is 1. The van der Waals surface area contributed by atoms with Crippen molar-refractivity contribution in [2.24, 2.45) is 11.8 Å². The number of rotatable bonds is 10. The highest BCUT2D eigenvalue weighted by Gasteiger charge is 2.20. The number of aliphatic hydroxyl groups is 1. The van der Waals surface area contributed by atoms with E-state index in [1.165, 1.54) is 0 Å². The first-order valence-corrected chi connectivity index (χ1v) is 12.4. The maximum atomic E-state index is 12.6. The maximum Gasteiger partial charge on any atom is 0.297 e. The quantitative estimate of drug-likeness (QED) is 0.500. The van der Waals surface area contributed by atoms with Crippen molar-refractivity contribution in [1.82, 2.24) is 0 Å². The Kier molecular flexibility index (Phi) is 11.4. The largest absolute Gasteiger partial charge is 0.396 e. The van der Waals surface area contributed by atoms with Crippen molar-refractivity contribution < 1.29 is 17.7 Å². The molecule has 0 atom stereocenters. The van der Waals surface area contributed by atoms with Crippen molar-refractivity contribution in [3.63, 3.8) is 0 Å². The molecule has 0 fully saturated rings. The standard InChI is InChI=1S/C18H25NO3S.C6H14O/c1-5-14(6-2)13-22-23(20,21)18-12-8-9-15-16(18)10-7-11-17(15)19(3)4;1-3-6(4-2)5-7/h7-12,14H,5-6,13H2,1-4H3;6-7H,3-5H2,1-2H3. The van der Waals surface area contributed by atoms with E-state index in [4.69, 9.17) is 9.29 Å². The predicted octanol–water partition coefficient (Wildman–Crippen LogP) is 5.46. The summed E-state index contributed by atoms with van der Waals surface area (Å²) in [5.74, 6) is 0.803. The Morgan fingerprint density at radius 1 is 0.867 bits per heavy atom. The van der Waals surface area contributed by atoms with E-state index in [1.54, 1.807) is 12.1 Å². The number of nitrogens with zero attached hydrogens (tertiary/aromatic N) is 1. The third kappa shape index (κ3) is 7.25. The zero-order valence-electron chi connectivity index (χ0n) is 19.4. The van der Waals surface area contributed by atoms with E-state index >= 15 is 0 Å². The van der Waals surface area contributed by atoms with Gasteiger partial charge < -0.3 is 10.0 Å². The first kappa shape index (κ1) is 26.4. The van der Waals surface area contributed by atoms with Crippen LogP contribution in [0.5, 0.6) is 0 Å². The predicted molar refractivity (Wildman–Crippen MR) is 127 cm³/mol. The van der Waals surface area contributed by atoms with Crippen molar-refractivity contribution in [1.29, 1.82) is 0 Å². The van der Waals surface area contributed by atoms with Gasteiger partial charge >= 0.3 is 0 Å². The molecule has 0 bridgehead atoms. The van der Waals surface area contributed by atoms with Crippen LogP contribution in [0.1, 0.15) is 53.4 Å². The molecule has 2 aromatic carbocycles. The summed E-state index contributed by atoms with van der Waals surface area (Å²) in [5, 5.41) is 10.1. The Balaban J connectivity index is 0.000000553. The lowest BCUT2D eigenvalue weighted by Gasteiger charge is -2.17. The van der Waals surface area contributed by atoms with Gasteiger partial charge in [-0.2, -0.15) is 8.42 Å². The molecule has 5 nitrogen and oxygen atoms in total. The van der Waals surface area contributed by atoms with Crippen molar-refractivity contribution in [2.45, 2.75) is 58.3 Å². The molecule has 0 aliphatic heterocycles. The van der Waals surface area contributed by atoms with Gasteiger partial charge in [-0.3, -0.25) is 4.18 Å². The molecule has 0 heterocycles.